The Bertz CT molecular complexity index is 474. The molecule has 1 aliphatic heterocycles. The first-order chi connectivity index (χ1) is 8.07. The average Bonchev–Trinajstić information content (AvgIpc) is 2.26. The van der Waals surface area contributed by atoms with Crippen molar-refractivity contribution in [1.82, 2.24) is 5.32 Å². The third-order valence-electron chi connectivity index (χ3n) is 2.80. The van der Waals surface area contributed by atoms with Gasteiger partial charge in [0.05, 0.1) is 17.7 Å². The zero-order valence-electron chi connectivity index (χ0n) is 9.79. The molecular formula is C13H14BrNO2. The molecule has 0 amide bonds. The number of ether oxygens (including phenoxy) is 1. The summed E-state index contributed by atoms with van der Waals surface area (Å²) in [5.74, 6) is -0.285. The van der Waals surface area contributed by atoms with E-state index in [1.54, 1.807) is 13.0 Å². The molecule has 90 valence electrons. The lowest BCUT2D eigenvalue weighted by Gasteiger charge is -2.35. The van der Waals surface area contributed by atoms with Gasteiger partial charge < -0.3 is 10.1 Å². The van der Waals surface area contributed by atoms with Gasteiger partial charge in [0.15, 0.2) is 0 Å². The minimum Gasteiger partial charge on any atom is -0.462 e. The molecule has 17 heavy (non-hydrogen) atoms. The van der Waals surface area contributed by atoms with Crippen LogP contribution in [0.15, 0.2) is 46.1 Å². The number of halogens is 1. The quantitative estimate of drug-likeness (QED) is 0.796. The first-order valence-electron chi connectivity index (χ1n) is 5.49. The minimum atomic E-state index is -0.357. The molecule has 0 bridgehead atoms. The van der Waals surface area contributed by atoms with Crippen LogP contribution in [0.4, 0.5) is 0 Å². The maximum Gasteiger partial charge on any atom is 0.338 e. The van der Waals surface area contributed by atoms with E-state index in [0.29, 0.717) is 12.2 Å². The van der Waals surface area contributed by atoms with Crippen molar-refractivity contribution in [3.8, 4) is 0 Å². The lowest BCUT2D eigenvalue weighted by molar-refractivity contribution is -0.138. The molecule has 1 unspecified atom stereocenters. The van der Waals surface area contributed by atoms with Crippen molar-refractivity contribution >= 4 is 21.9 Å². The van der Waals surface area contributed by atoms with Gasteiger partial charge >= 0.3 is 5.97 Å². The van der Waals surface area contributed by atoms with Gasteiger partial charge in [0, 0.05) is 4.48 Å². The van der Waals surface area contributed by atoms with Gasteiger partial charge in [0.25, 0.3) is 0 Å². The van der Waals surface area contributed by atoms with Gasteiger partial charge in [0.2, 0.25) is 0 Å². The Kier molecular flexibility index (Phi) is 3.24. The molecule has 0 radical (unpaired) electrons. The topological polar surface area (TPSA) is 38.3 Å². The van der Waals surface area contributed by atoms with Gasteiger partial charge in [0.1, 0.15) is 0 Å². The normalized spacial score (nSPS) is 26.2. The summed E-state index contributed by atoms with van der Waals surface area (Å²) in [5.41, 5.74) is 1.17. The smallest absolute Gasteiger partial charge is 0.338 e. The number of fused-ring (bicyclic) bond motifs is 1. The second-order valence-electron chi connectivity index (χ2n) is 4.09. The largest absolute Gasteiger partial charge is 0.462 e. The van der Waals surface area contributed by atoms with Crippen LogP contribution in [-0.2, 0) is 9.53 Å². The Morgan fingerprint density at radius 3 is 3.06 bits per heavy atom. The number of allylic oxidation sites excluding steroid dienone is 4. The van der Waals surface area contributed by atoms with Crippen LogP contribution < -0.4 is 5.32 Å². The number of rotatable bonds is 2. The van der Waals surface area contributed by atoms with E-state index >= 15 is 0 Å². The molecular weight excluding hydrogens is 282 g/mol. The van der Waals surface area contributed by atoms with E-state index in [-0.39, 0.29) is 11.5 Å². The van der Waals surface area contributed by atoms with Crippen LogP contribution in [-0.4, -0.2) is 18.1 Å². The minimum absolute atomic E-state index is 0.285. The molecule has 1 heterocycles. The summed E-state index contributed by atoms with van der Waals surface area (Å²) >= 11 is 3.43. The van der Waals surface area contributed by atoms with Crippen LogP contribution in [0.5, 0.6) is 0 Å². The van der Waals surface area contributed by atoms with Gasteiger partial charge in [-0.2, -0.15) is 0 Å². The number of hydrogen-bond donors (Lipinski definition) is 1. The van der Waals surface area contributed by atoms with E-state index in [2.05, 4.69) is 21.2 Å². The van der Waals surface area contributed by atoms with Crippen LogP contribution in [0.25, 0.3) is 0 Å². The fraction of sp³-hybridized carbons (Fsp3) is 0.308. The molecule has 1 N–H and O–H groups in total. The van der Waals surface area contributed by atoms with Gasteiger partial charge in [-0.15, -0.1) is 0 Å². The Morgan fingerprint density at radius 2 is 2.35 bits per heavy atom. The number of nitrogens with one attached hydrogen (secondary N) is 1. The Morgan fingerprint density at radius 1 is 1.59 bits per heavy atom. The van der Waals surface area contributed by atoms with Crippen molar-refractivity contribution in [1.29, 1.82) is 0 Å². The zero-order chi connectivity index (χ0) is 12.5. The Labute approximate surface area is 109 Å². The van der Waals surface area contributed by atoms with E-state index < -0.39 is 0 Å². The van der Waals surface area contributed by atoms with E-state index in [4.69, 9.17) is 4.74 Å². The van der Waals surface area contributed by atoms with Crippen LogP contribution >= 0.6 is 15.9 Å². The summed E-state index contributed by atoms with van der Waals surface area (Å²) in [4.78, 5) is 11.9. The van der Waals surface area contributed by atoms with Crippen LogP contribution in [0.2, 0.25) is 0 Å². The first kappa shape index (κ1) is 12.2. The number of carbonyl (C=O) groups is 1. The number of hydrogen-bond acceptors (Lipinski definition) is 3. The molecule has 1 aliphatic carbocycles. The van der Waals surface area contributed by atoms with Crippen molar-refractivity contribution in [3.05, 3.63) is 46.1 Å². The summed E-state index contributed by atoms with van der Waals surface area (Å²) in [5, 5.41) is 3.25. The van der Waals surface area contributed by atoms with Gasteiger partial charge in [-0.25, -0.2) is 4.79 Å². The number of esters is 1. The summed E-state index contributed by atoms with van der Waals surface area (Å²) < 4.78 is 5.95. The highest BCUT2D eigenvalue weighted by molar-refractivity contribution is 9.11. The zero-order valence-corrected chi connectivity index (χ0v) is 11.4. The molecule has 4 heteroatoms. The molecule has 1 atom stereocenters. The molecule has 0 aromatic carbocycles. The highest BCUT2D eigenvalue weighted by atomic mass is 79.9. The molecule has 3 nitrogen and oxygen atoms in total. The molecule has 0 aromatic rings. The summed E-state index contributed by atoms with van der Waals surface area (Å²) in [6, 6.07) is 0. The summed E-state index contributed by atoms with van der Waals surface area (Å²) in [7, 11) is 0. The average molecular weight is 296 g/mol. The van der Waals surface area contributed by atoms with Crippen molar-refractivity contribution in [2.24, 2.45) is 0 Å². The fourth-order valence-electron chi connectivity index (χ4n) is 2.02. The maximum absolute atomic E-state index is 11.9. The number of dihydropyridines is 1. The van der Waals surface area contributed by atoms with Crippen LogP contribution in [0, 0.1) is 0 Å². The highest BCUT2D eigenvalue weighted by Gasteiger charge is 2.35. The van der Waals surface area contributed by atoms with Gasteiger partial charge in [-0.3, -0.25) is 0 Å². The predicted molar refractivity (Wildman–Crippen MR) is 70.5 cm³/mol. The van der Waals surface area contributed by atoms with Crippen molar-refractivity contribution < 1.29 is 9.53 Å². The Hall–Kier alpha value is -1.29. The third-order valence-corrected chi connectivity index (χ3v) is 3.25. The molecule has 0 saturated carbocycles. The van der Waals surface area contributed by atoms with Gasteiger partial charge in [-0.05, 0) is 43.8 Å². The molecule has 2 rings (SSSR count). The Balaban J connectivity index is 2.43. The third kappa shape index (κ3) is 2.22. The summed E-state index contributed by atoms with van der Waals surface area (Å²) in [6.07, 6.45) is 9.53. The lowest BCUT2D eigenvalue weighted by Crippen LogP contribution is -2.43. The number of carbonyl (C=O) groups excluding carboxylic acids is 1. The van der Waals surface area contributed by atoms with E-state index in [1.807, 2.05) is 31.4 Å². The first-order valence-corrected chi connectivity index (χ1v) is 6.28. The molecule has 2 aliphatic rings. The maximum atomic E-state index is 11.9. The molecule has 0 aromatic heterocycles. The monoisotopic (exact) mass is 295 g/mol. The van der Waals surface area contributed by atoms with Crippen LogP contribution in [0.1, 0.15) is 13.8 Å². The SMILES string of the molecule is CCOC(=O)C1=CC(Br)=CC2(C)NC=CC=C12. The highest BCUT2D eigenvalue weighted by Crippen LogP contribution is 2.36. The van der Waals surface area contributed by atoms with E-state index in [0.717, 1.165) is 10.1 Å². The molecule has 0 spiro atoms. The molecule has 0 fully saturated rings. The lowest BCUT2D eigenvalue weighted by atomic mass is 9.81. The second-order valence-corrected chi connectivity index (χ2v) is 5.01. The molecule has 0 saturated heterocycles. The standard InChI is InChI=1S/C13H14BrNO2/c1-3-17-12(16)10-7-9(14)8-13(2)11(10)5-4-6-15-13/h4-8,15H,3H2,1-2H3. The van der Waals surface area contributed by atoms with E-state index in [1.165, 1.54) is 0 Å². The fourth-order valence-corrected chi connectivity index (χ4v) is 2.70. The van der Waals surface area contributed by atoms with Crippen LogP contribution in [0.3, 0.4) is 0 Å². The predicted octanol–water partition coefficient (Wildman–Crippen LogP) is 2.57. The summed E-state index contributed by atoms with van der Waals surface area (Å²) in [6.45, 7) is 4.21. The van der Waals surface area contributed by atoms with Crippen molar-refractivity contribution in [2.45, 2.75) is 19.4 Å². The second kappa shape index (κ2) is 4.53. The van der Waals surface area contributed by atoms with Crippen molar-refractivity contribution in [3.63, 3.8) is 0 Å². The van der Waals surface area contributed by atoms with Crippen molar-refractivity contribution in [2.75, 3.05) is 6.61 Å². The van der Waals surface area contributed by atoms with Gasteiger partial charge in [-0.1, -0.05) is 22.0 Å². The van der Waals surface area contributed by atoms with E-state index in [9.17, 15) is 4.79 Å².